The lowest BCUT2D eigenvalue weighted by molar-refractivity contribution is -0.138. The lowest BCUT2D eigenvalue weighted by Gasteiger charge is -2.25. The standard InChI is InChI=1S/C14H16BrF3.C4H9NO/c15-9-10-6-7-12(11-4-2-1-3-5-11)13(8-10)14(16,17)18;1-3-6-4(2)5/h6-8,11H,1-5,9H2;5H,3H2,1-2H3. The smallest absolute Gasteiger partial charge is 0.416 e. The van der Waals surface area contributed by atoms with Gasteiger partial charge < -0.3 is 4.74 Å². The molecule has 0 amide bonds. The van der Waals surface area contributed by atoms with E-state index in [0.717, 1.165) is 32.1 Å². The van der Waals surface area contributed by atoms with Crippen molar-refractivity contribution in [2.45, 2.75) is 63.4 Å². The summed E-state index contributed by atoms with van der Waals surface area (Å²) < 4.78 is 43.9. The van der Waals surface area contributed by atoms with Crippen molar-refractivity contribution in [3.05, 3.63) is 34.9 Å². The van der Waals surface area contributed by atoms with Gasteiger partial charge >= 0.3 is 6.18 Å². The number of alkyl halides is 4. The Kier molecular flexibility index (Phi) is 8.81. The van der Waals surface area contributed by atoms with Crippen molar-refractivity contribution in [3.8, 4) is 0 Å². The van der Waals surface area contributed by atoms with Gasteiger partial charge in [-0.3, -0.25) is 5.41 Å². The first-order valence-electron chi connectivity index (χ1n) is 8.23. The van der Waals surface area contributed by atoms with E-state index >= 15 is 0 Å². The molecule has 1 fully saturated rings. The van der Waals surface area contributed by atoms with E-state index in [9.17, 15) is 13.2 Å². The number of benzene rings is 1. The third-order valence-electron chi connectivity index (χ3n) is 3.98. The van der Waals surface area contributed by atoms with Crippen molar-refractivity contribution in [1.29, 1.82) is 5.41 Å². The lowest BCUT2D eigenvalue weighted by Crippen LogP contribution is -2.14. The van der Waals surface area contributed by atoms with Gasteiger partial charge in [0.15, 0.2) is 5.90 Å². The predicted molar refractivity (Wildman–Crippen MR) is 94.9 cm³/mol. The molecule has 2 rings (SSSR count). The summed E-state index contributed by atoms with van der Waals surface area (Å²) in [5.74, 6) is 0.372. The van der Waals surface area contributed by atoms with Gasteiger partial charge in [0.25, 0.3) is 0 Å². The zero-order valence-corrected chi connectivity index (χ0v) is 15.8. The maximum Gasteiger partial charge on any atom is 0.416 e. The minimum absolute atomic E-state index is 0.0831. The predicted octanol–water partition coefficient (Wildman–Crippen LogP) is 6.67. The summed E-state index contributed by atoms with van der Waals surface area (Å²) in [4.78, 5) is 0. The van der Waals surface area contributed by atoms with Gasteiger partial charge in [-0.1, -0.05) is 47.3 Å². The summed E-state index contributed by atoms with van der Waals surface area (Å²) >= 11 is 3.21. The number of rotatable bonds is 3. The molecule has 1 aliphatic carbocycles. The highest BCUT2D eigenvalue weighted by Crippen LogP contribution is 2.41. The molecular formula is C18H25BrF3NO. The molecule has 0 atom stereocenters. The average molecular weight is 408 g/mol. The molecule has 0 radical (unpaired) electrons. The fourth-order valence-corrected chi connectivity index (χ4v) is 3.27. The second-order valence-electron chi connectivity index (χ2n) is 5.88. The van der Waals surface area contributed by atoms with Crippen LogP contribution in [0.2, 0.25) is 0 Å². The SMILES string of the molecule is CCOC(C)=N.FC(F)(F)c1cc(CBr)ccc1C1CCCCC1. The molecule has 0 unspecified atom stereocenters. The van der Waals surface area contributed by atoms with E-state index in [4.69, 9.17) is 5.41 Å². The van der Waals surface area contributed by atoms with Gasteiger partial charge in [0.1, 0.15) is 0 Å². The zero-order chi connectivity index (χ0) is 18.2. The number of ether oxygens (including phenoxy) is 1. The Labute approximate surface area is 150 Å². The van der Waals surface area contributed by atoms with E-state index in [1.165, 1.54) is 6.07 Å². The first-order valence-corrected chi connectivity index (χ1v) is 9.35. The van der Waals surface area contributed by atoms with Crippen molar-refractivity contribution in [2.24, 2.45) is 0 Å². The molecule has 24 heavy (non-hydrogen) atoms. The summed E-state index contributed by atoms with van der Waals surface area (Å²) in [5, 5.41) is 7.13. The number of nitrogens with one attached hydrogen (secondary N) is 1. The largest absolute Gasteiger partial charge is 0.482 e. The number of halogens is 4. The van der Waals surface area contributed by atoms with E-state index < -0.39 is 11.7 Å². The summed E-state index contributed by atoms with van der Waals surface area (Å²) in [6.45, 7) is 4.08. The highest BCUT2D eigenvalue weighted by Gasteiger charge is 2.35. The molecular weight excluding hydrogens is 383 g/mol. The molecule has 0 aromatic heterocycles. The Morgan fingerprint density at radius 1 is 1.25 bits per heavy atom. The third-order valence-corrected chi connectivity index (χ3v) is 4.63. The van der Waals surface area contributed by atoms with E-state index in [1.807, 2.05) is 6.92 Å². The Balaban J connectivity index is 0.000000413. The van der Waals surface area contributed by atoms with Crippen LogP contribution in [0.5, 0.6) is 0 Å². The van der Waals surface area contributed by atoms with Gasteiger partial charge in [0.05, 0.1) is 12.2 Å². The van der Waals surface area contributed by atoms with Crippen molar-refractivity contribution in [2.75, 3.05) is 6.61 Å². The Hall–Kier alpha value is -1.04. The van der Waals surface area contributed by atoms with E-state index in [-0.39, 0.29) is 11.8 Å². The van der Waals surface area contributed by atoms with E-state index in [1.54, 1.807) is 19.1 Å². The fourth-order valence-electron chi connectivity index (χ4n) is 2.92. The van der Waals surface area contributed by atoms with Gasteiger partial charge in [-0.05, 0) is 42.9 Å². The van der Waals surface area contributed by atoms with E-state index in [2.05, 4.69) is 20.7 Å². The molecule has 1 saturated carbocycles. The first-order chi connectivity index (χ1) is 11.3. The van der Waals surface area contributed by atoms with Crippen LogP contribution >= 0.6 is 15.9 Å². The van der Waals surface area contributed by atoms with Gasteiger partial charge in [-0.25, -0.2) is 0 Å². The van der Waals surface area contributed by atoms with Crippen LogP contribution in [0.1, 0.15) is 68.6 Å². The minimum Gasteiger partial charge on any atom is -0.482 e. The van der Waals surface area contributed by atoms with Gasteiger partial charge in [-0.15, -0.1) is 0 Å². The van der Waals surface area contributed by atoms with Crippen LogP contribution in [0.25, 0.3) is 0 Å². The quantitative estimate of drug-likeness (QED) is 0.338. The molecule has 1 aliphatic rings. The second kappa shape index (κ2) is 10.1. The van der Waals surface area contributed by atoms with Crippen LogP contribution in [0, 0.1) is 5.41 Å². The van der Waals surface area contributed by atoms with Crippen molar-refractivity contribution >= 4 is 21.8 Å². The van der Waals surface area contributed by atoms with Crippen molar-refractivity contribution in [3.63, 3.8) is 0 Å². The fraction of sp³-hybridized carbons (Fsp3) is 0.611. The molecule has 0 spiro atoms. The molecule has 0 saturated heterocycles. The van der Waals surface area contributed by atoms with Crippen molar-refractivity contribution < 1.29 is 17.9 Å². The lowest BCUT2D eigenvalue weighted by atomic mass is 9.81. The van der Waals surface area contributed by atoms with Gasteiger partial charge in [0.2, 0.25) is 0 Å². The van der Waals surface area contributed by atoms with E-state index in [0.29, 0.717) is 23.1 Å². The number of hydrogen-bond acceptors (Lipinski definition) is 2. The second-order valence-corrected chi connectivity index (χ2v) is 6.44. The van der Waals surface area contributed by atoms with Crippen LogP contribution in [0.3, 0.4) is 0 Å². The van der Waals surface area contributed by atoms with Crippen LogP contribution in [0.4, 0.5) is 13.2 Å². The third kappa shape index (κ3) is 6.83. The molecule has 6 heteroatoms. The monoisotopic (exact) mass is 407 g/mol. The number of hydrogen-bond donors (Lipinski definition) is 1. The summed E-state index contributed by atoms with van der Waals surface area (Å²) in [6.07, 6.45) is 0.764. The summed E-state index contributed by atoms with van der Waals surface area (Å²) in [7, 11) is 0. The molecule has 2 nitrogen and oxygen atoms in total. The maximum absolute atomic E-state index is 13.1. The topological polar surface area (TPSA) is 33.1 Å². The normalized spacial score (nSPS) is 15.4. The summed E-state index contributed by atoms with van der Waals surface area (Å²) in [5.41, 5.74) is 0.736. The Morgan fingerprint density at radius 3 is 2.29 bits per heavy atom. The molecule has 0 heterocycles. The first kappa shape index (κ1) is 21.0. The molecule has 136 valence electrons. The maximum atomic E-state index is 13.1. The highest BCUT2D eigenvalue weighted by molar-refractivity contribution is 9.08. The van der Waals surface area contributed by atoms with Gasteiger partial charge in [-0.2, -0.15) is 13.2 Å². The zero-order valence-electron chi connectivity index (χ0n) is 14.2. The highest BCUT2D eigenvalue weighted by atomic mass is 79.9. The Bertz CT molecular complexity index is 525. The minimum atomic E-state index is -4.25. The van der Waals surface area contributed by atoms with Crippen LogP contribution in [-0.4, -0.2) is 12.5 Å². The molecule has 1 N–H and O–H groups in total. The molecule has 1 aromatic carbocycles. The average Bonchev–Trinajstić information content (AvgIpc) is 2.55. The van der Waals surface area contributed by atoms with Crippen LogP contribution in [0.15, 0.2) is 18.2 Å². The molecule has 0 aliphatic heterocycles. The van der Waals surface area contributed by atoms with Crippen LogP contribution < -0.4 is 0 Å². The Morgan fingerprint density at radius 2 is 1.88 bits per heavy atom. The van der Waals surface area contributed by atoms with Crippen LogP contribution in [-0.2, 0) is 16.2 Å². The molecule has 1 aromatic rings. The van der Waals surface area contributed by atoms with Crippen molar-refractivity contribution in [1.82, 2.24) is 0 Å². The molecule has 0 bridgehead atoms. The summed E-state index contributed by atoms with van der Waals surface area (Å²) in [6, 6.07) is 4.77. The van der Waals surface area contributed by atoms with Gasteiger partial charge in [0, 0.05) is 12.3 Å².